The maximum absolute atomic E-state index is 5.15. The number of rotatable bonds is 4. The zero-order valence-corrected chi connectivity index (χ0v) is 12.9. The fourth-order valence-corrected chi connectivity index (χ4v) is 4.10. The summed E-state index contributed by atoms with van der Waals surface area (Å²) in [5, 5.41) is 2.44. The third-order valence-corrected chi connectivity index (χ3v) is 5.47. The van der Waals surface area contributed by atoms with Gasteiger partial charge in [-0.05, 0) is 0 Å². The van der Waals surface area contributed by atoms with E-state index in [-0.39, 0.29) is 0 Å². The first-order valence-corrected chi connectivity index (χ1v) is 8.06. The molecule has 0 aliphatic rings. The van der Waals surface area contributed by atoms with Crippen molar-refractivity contribution in [1.29, 1.82) is 0 Å². The van der Waals surface area contributed by atoms with Crippen LogP contribution < -0.4 is 12.0 Å². The van der Waals surface area contributed by atoms with E-state index in [9.17, 15) is 0 Å². The van der Waals surface area contributed by atoms with E-state index in [1.165, 1.54) is 7.22 Å². The first-order chi connectivity index (χ1) is 8.83. The van der Waals surface area contributed by atoms with Crippen molar-refractivity contribution in [3.05, 3.63) is 48.5 Å². The molecule has 4 heteroatoms. The van der Waals surface area contributed by atoms with Crippen LogP contribution in [0.4, 0.5) is 5.69 Å². The molecule has 0 heterocycles. The molecule has 0 atom stereocenters. The first-order valence-electron chi connectivity index (χ1n) is 5.32. The Kier molecular flexibility index (Phi) is 4.92. The summed E-state index contributed by atoms with van der Waals surface area (Å²) in [6.45, 7) is 0. The summed E-state index contributed by atoms with van der Waals surface area (Å²) in [5.74, 6) is 0.886. The number of para-hydroxylation sites is 1. The van der Waals surface area contributed by atoms with Crippen LogP contribution in [0.15, 0.2) is 53.5 Å². The monoisotopic (exact) mass is 371 g/mol. The third-order valence-electron chi connectivity index (χ3n) is 2.32. The first kappa shape index (κ1) is 13.3. The summed E-state index contributed by atoms with van der Waals surface area (Å²) in [5.41, 5.74) is 0.936. The fraction of sp³-hybridized carbons (Fsp3) is 0.0714. The average Bonchev–Trinajstić information content (AvgIpc) is 2.42. The molecule has 2 rings (SSSR count). The number of benzene rings is 2. The molecule has 0 N–H and O–H groups in total. The van der Waals surface area contributed by atoms with Gasteiger partial charge in [0.2, 0.25) is 0 Å². The maximum atomic E-state index is 5.15. The van der Waals surface area contributed by atoms with E-state index in [4.69, 9.17) is 4.74 Å². The molecule has 0 radical (unpaired) electrons. The predicted molar refractivity (Wildman–Crippen MR) is 79.1 cm³/mol. The second-order valence-electron chi connectivity index (χ2n) is 3.45. The van der Waals surface area contributed by atoms with Crippen LogP contribution in [0.2, 0.25) is 0 Å². The Morgan fingerprint density at radius 1 is 1.11 bits per heavy atom. The molecule has 90 valence electrons. The van der Waals surface area contributed by atoms with Crippen LogP contribution in [0.25, 0.3) is 0 Å². The second-order valence-corrected chi connectivity index (χ2v) is 6.81. The van der Waals surface area contributed by atoms with Crippen molar-refractivity contribution in [1.82, 2.24) is 0 Å². The quantitative estimate of drug-likeness (QED) is 0.468. The van der Waals surface area contributed by atoms with Gasteiger partial charge in [-0.25, -0.2) is 0 Å². The molecule has 0 spiro atoms. The van der Waals surface area contributed by atoms with Crippen LogP contribution in [0.1, 0.15) is 0 Å². The van der Waals surface area contributed by atoms with E-state index in [0.717, 1.165) is 11.4 Å². The van der Waals surface area contributed by atoms with Gasteiger partial charge in [-0.15, -0.1) is 0 Å². The number of isothiocyanates is 1. The minimum absolute atomic E-state index is 0.455. The summed E-state index contributed by atoms with van der Waals surface area (Å²) in [7, 11) is 1.68. The van der Waals surface area contributed by atoms with Crippen LogP contribution in [0.3, 0.4) is 0 Å². The number of hydrogen-bond donors (Lipinski definition) is 0. The molecule has 2 nitrogen and oxygen atoms in total. The Morgan fingerprint density at radius 2 is 1.83 bits per heavy atom. The van der Waals surface area contributed by atoms with Gasteiger partial charge in [0.25, 0.3) is 0 Å². The van der Waals surface area contributed by atoms with Crippen molar-refractivity contribution in [3.8, 4) is 5.75 Å². The van der Waals surface area contributed by atoms with Crippen molar-refractivity contribution in [2.45, 2.75) is 0 Å². The Labute approximate surface area is 122 Å². The summed E-state index contributed by atoms with van der Waals surface area (Å²) >= 11 is 4.22. The van der Waals surface area contributed by atoms with Gasteiger partial charge in [-0.2, -0.15) is 0 Å². The van der Waals surface area contributed by atoms with Crippen LogP contribution in [-0.2, 0) is 0 Å². The Morgan fingerprint density at radius 3 is 2.50 bits per heavy atom. The molecule has 2 aromatic carbocycles. The summed E-state index contributed by atoms with van der Waals surface area (Å²) in [6.07, 6.45) is 0. The van der Waals surface area contributed by atoms with E-state index >= 15 is 0 Å². The van der Waals surface area contributed by atoms with E-state index in [2.05, 4.69) is 40.6 Å². The summed E-state index contributed by atoms with van der Waals surface area (Å²) in [4.78, 5) is 4.11. The van der Waals surface area contributed by atoms with Crippen LogP contribution in [0.5, 0.6) is 5.75 Å². The van der Waals surface area contributed by atoms with Crippen molar-refractivity contribution < 1.29 is 4.74 Å². The molecule has 0 aliphatic carbocycles. The van der Waals surface area contributed by atoms with Gasteiger partial charge >= 0.3 is 122 Å². The Bertz CT molecular complexity index is 577. The fourth-order valence-electron chi connectivity index (χ4n) is 1.46. The molecule has 0 amide bonds. The molecule has 0 aliphatic heterocycles. The average molecular weight is 369 g/mol. The number of nitrogens with zero attached hydrogens (tertiary/aromatic N) is 1. The molecular formula is C14H11NOSTe. The standard InChI is InChI=1S/C14H11NOSTe/c1-16-11-6-8-12(9-7-11)18-14-5-3-2-4-13(14)15-10-17/h2-9H,1H3. The van der Waals surface area contributed by atoms with Gasteiger partial charge < -0.3 is 0 Å². The van der Waals surface area contributed by atoms with Crippen molar-refractivity contribution in [2.75, 3.05) is 7.11 Å². The number of ether oxygens (including phenoxy) is 1. The molecular weight excluding hydrogens is 358 g/mol. The topological polar surface area (TPSA) is 21.6 Å². The van der Waals surface area contributed by atoms with E-state index in [0.29, 0.717) is 0 Å². The minimum atomic E-state index is -0.455. The van der Waals surface area contributed by atoms with Crippen LogP contribution in [0, 0.1) is 0 Å². The van der Waals surface area contributed by atoms with E-state index < -0.39 is 20.9 Å². The van der Waals surface area contributed by atoms with Gasteiger partial charge in [0.1, 0.15) is 0 Å². The van der Waals surface area contributed by atoms with Crippen LogP contribution in [-0.4, -0.2) is 33.2 Å². The van der Waals surface area contributed by atoms with Crippen molar-refractivity contribution in [2.24, 2.45) is 4.99 Å². The number of aliphatic imine (C=N–C) groups is 1. The molecule has 0 saturated heterocycles. The van der Waals surface area contributed by atoms with Crippen molar-refractivity contribution >= 4 is 51.2 Å². The van der Waals surface area contributed by atoms with E-state index in [1.807, 2.05) is 30.3 Å². The molecule has 0 saturated carbocycles. The number of methoxy groups -OCH3 is 1. The zero-order valence-electron chi connectivity index (χ0n) is 9.79. The molecule has 0 fully saturated rings. The van der Waals surface area contributed by atoms with Gasteiger partial charge in [0.15, 0.2) is 0 Å². The van der Waals surface area contributed by atoms with Crippen LogP contribution >= 0.6 is 12.2 Å². The molecule has 0 unspecified atom stereocenters. The predicted octanol–water partition coefficient (Wildman–Crippen LogP) is 2.08. The Balaban J connectivity index is 2.25. The van der Waals surface area contributed by atoms with E-state index in [1.54, 1.807) is 7.11 Å². The van der Waals surface area contributed by atoms with Gasteiger partial charge in [0.05, 0.1) is 0 Å². The summed E-state index contributed by atoms with van der Waals surface area (Å²) in [6, 6.07) is 16.3. The Hall–Kier alpha value is -1.17. The third kappa shape index (κ3) is 3.41. The molecule has 18 heavy (non-hydrogen) atoms. The van der Waals surface area contributed by atoms with Gasteiger partial charge in [0, 0.05) is 0 Å². The molecule has 0 aromatic heterocycles. The molecule has 0 bridgehead atoms. The number of hydrogen-bond acceptors (Lipinski definition) is 3. The van der Waals surface area contributed by atoms with Crippen molar-refractivity contribution in [3.63, 3.8) is 0 Å². The van der Waals surface area contributed by atoms with Gasteiger partial charge in [-0.1, -0.05) is 0 Å². The normalized spacial score (nSPS) is 9.61. The summed E-state index contributed by atoms with van der Waals surface area (Å²) < 4.78 is 7.76. The second kappa shape index (κ2) is 6.68. The van der Waals surface area contributed by atoms with Gasteiger partial charge in [-0.3, -0.25) is 0 Å². The zero-order chi connectivity index (χ0) is 12.8. The SMILES string of the molecule is COc1ccc([Te]c2ccccc2N=C=S)cc1. The number of thiocarbonyl (C=S) groups is 1. The molecule has 2 aromatic rings.